The topological polar surface area (TPSA) is 0 Å². The third kappa shape index (κ3) is 1.40. The molecule has 16 heavy (non-hydrogen) atoms. The minimum Gasteiger partial charge on any atom is -0.0800 e. The molecule has 1 saturated carbocycles. The van der Waals surface area contributed by atoms with Crippen molar-refractivity contribution in [1.82, 2.24) is 0 Å². The Labute approximate surface area is 111 Å². The third-order valence-corrected chi connectivity index (χ3v) is 5.34. The van der Waals surface area contributed by atoms with E-state index in [0.29, 0.717) is 17.3 Å². The summed E-state index contributed by atoms with van der Waals surface area (Å²) in [5.41, 5.74) is 2.07. The first-order chi connectivity index (χ1) is 7.60. The Morgan fingerprint density at radius 1 is 1.19 bits per heavy atom. The van der Waals surface area contributed by atoms with Gasteiger partial charge in [-0.3, -0.25) is 0 Å². The smallest absolute Gasteiger partial charge is 0.00544 e. The molecule has 1 heteroatoms. The number of allylic oxidation sites excluding steroid dienone is 8. The lowest BCUT2D eigenvalue weighted by Crippen LogP contribution is -2.26. The molecule has 0 spiro atoms. The van der Waals surface area contributed by atoms with E-state index in [4.69, 9.17) is 0 Å². The van der Waals surface area contributed by atoms with Crippen LogP contribution in [0.4, 0.5) is 0 Å². The highest BCUT2D eigenvalue weighted by Crippen LogP contribution is 2.59. The second kappa shape index (κ2) is 3.59. The maximum Gasteiger partial charge on any atom is 0.00544 e. The highest BCUT2D eigenvalue weighted by Gasteiger charge is 2.50. The quantitative estimate of drug-likeness (QED) is 0.569. The Morgan fingerprint density at radius 2 is 1.94 bits per heavy atom. The van der Waals surface area contributed by atoms with Crippen LogP contribution in [-0.4, -0.2) is 0 Å². The summed E-state index contributed by atoms with van der Waals surface area (Å²) >= 11 is 2.48. The first-order valence-corrected chi connectivity index (χ1v) is 7.09. The zero-order chi connectivity index (χ0) is 11.3. The first-order valence-electron chi connectivity index (χ1n) is 6.02. The maximum atomic E-state index is 2.48. The molecule has 3 atom stereocenters. The van der Waals surface area contributed by atoms with Crippen LogP contribution in [-0.2, 0) is 0 Å². The van der Waals surface area contributed by atoms with E-state index in [1.165, 1.54) is 10.0 Å². The molecule has 3 rings (SSSR count). The summed E-state index contributed by atoms with van der Waals surface area (Å²) in [6.07, 6.45) is 15.2. The monoisotopic (exact) mass is 324 g/mol. The lowest BCUT2D eigenvalue weighted by Gasteiger charge is -2.33. The van der Waals surface area contributed by atoms with E-state index in [0.717, 1.165) is 5.92 Å². The Balaban J connectivity index is 2.09. The largest absolute Gasteiger partial charge is 0.0800 e. The molecular weight excluding hydrogens is 307 g/mol. The normalized spacial score (nSPS) is 38.8. The van der Waals surface area contributed by atoms with E-state index in [1.807, 2.05) is 0 Å². The van der Waals surface area contributed by atoms with Crippen LogP contribution >= 0.6 is 22.6 Å². The average molecular weight is 324 g/mol. The molecule has 2 unspecified atom stereocenters. The lowest BCUT2D eigenvalue weighted by atomic mass is 9.72. The van der Waals surface area contributed by atoms with Crippen LogP contribution in [0.3, 0.4) is 0 Å². The Kier molecular flexibility index (Phi) is 2.43. The number of fused-ring (bicyclic) bond motifs is 3. The molecule has 3 aliphatic carbocycles. The SMILES string of the molecule is CC1(C)C2CC(I)=CC=C2[C@@H]2C=CC=CC21. The van der Waals surface area contributed by atoms with Crippen molar-refractivity contribution in [3.8, 4) is 0 Å². The Hall–Kier alpha value is -0.310. The summed E-state index contributed by atoms with van der Waals surface area (Å²) < 4.78 is 1.51. The molecule has 84 valence electrons. The molecule has 0 aliphatic heterocycles. The van der Waals surface area contributed by atoms with Crippen molar-refractivity contribution in [3.63, 3.8) is 0 Å². The van der Waals surface area contributed by atoms with Crippen LogP contribution in [0.1, 0.15) is 20.3 Å². The molecule has 0 amide bonds. The minimum atomic E-state index is 0.405. The van der Waals surface area contributed by atoms with Crippen molar-refractivity contribution >= 4 is 22.6 Å². The van der Waals surface area contributed by atoms with Gasteiger partial charge in [0.15, 0.2) is 0 Å². The Bertz CT molecular complexity index is 434. The maximum absolute atomic E-state index is 2.48. The molecule has 0 aromatic carbocycles. The van der Waals surface area contributed by atoms with Gasteiger partial charge in [0.1, 0.15) is 0 Å². The predicted octanol–water partition coefficient (Wildman–Crippen LogP) is 4.65. The molecule has 0 heterocycles. The summed E-state index contributed by atoms with van der Waals surface area (Å²) in [6, 6.07) is 0. The van der Waals surface area contributed by atoms with Crippen molar-refractivity contribution in [2.45, 2.75) is 20.3 Å². The fraction of sp³-hybridized carbons (Fsp3) is 0.467. The van der Waals surface area contributed by atoms with Gasteiger partial charge in [-0.25, -0.2) is 0 Å². The van der Waals surface area contributed by atoms with Gasteiger partial charge in [0, 0.05) is 5.92 Å². The summed E-state index contributed by atoms with van der Waals surface area (Å²) in [5, 5.41) is 0. The van der Waals surface area contributed by atoms with Gasteiger partial charge in [0.2, 0.25) is 0 Å². The number of rotatable bonds is 0. The molecule has 0 radical (unpaired) electrons. The summed E-state index contributed by atoms with van der Waals surface area (Å²) in [4.78, 5) is 0. The lowest BCUT2D eigenvalue weighted by molar-refractivity contribution is 0.218. The molecule has 0 N–H and O–H groups in total. The van der Waals surface area contributed by atoms with Crippen LogP contribution in [0, 0.1) is 23.2 Å². The number of halogens is 1. The van der Waals surface area contributed by atoms with Gasteiger partial charge in [-0.1, -0.05) is 55.9 Å². The van der Waals surface area contributed by atoms with Gasteiger partial charge >= 0.3 is 0 Å². The number of hydrogen-bond donors (Lipinski definition) is 0. The van der Waals surface area contributed by atoms with E-state index in [-0.39, 0.29) is 0 Å². The molecule has 1 fully saturated rings. The zero-order valence-corrected chi connectivity index (χ0v) is 11.9. The Morgan fingerprint density at radius 3 is 2.75 bits per heavy atom. The second-order valence-corrected chi connectivity index (χ2v) is 7.07. The predicted molar refractivity (Wildman–Crippen MR) is 77.3 cm³/mol. The third-order valence-electron chi connectivity index (χ3n) is 4.54. The van der Waals surface area contributed by atoms with Gasteiger partial charge in [0.25, 0.3) is 0 Å². The molecule has 0 saturated heterocycles. The second-order valence-electron chi connectivity index (χ2n) is 5.68. The van der Waals surface area contributed by atoms with E-state index >= 15 is 0 Å². The standard InChI is InChI=1S/C15H17I/c1-15(2)13-6-4-3-5-11(13)12-8-7-10(16)9-14(12)15/h3-8,11,13-14H,9H2,1-2H3/t11-,13?,14?/m0/s1. The van der Waals surface area contributed by atoms with Crippen LogP contribution < -0.4 is 0 Å². The summed E-state index contributed by atoms with van der Waals surface area (Å²) in [5.74, 6) is 2.10. The van der Waals surface area contributed by atoms with Gasteiger partial charge in [-0.2, -0.15) is 0 Å². The highest BCUT2D eigenvalue weighted by atomic mass is 127. The van der Waals surface area contributed by atoms with Crippen molar-refractivity contribution in [3.05, 3.63) is 45.6 Å². The molecule has 0 aromatic rings. The van der Waals surface area contributed by atoms with E-state index in [2.05, 4.69) is 72.9 Å². The zero-order valence-electron chi connectivity index (χ0n) is 9.78. The van der Waals surface area contributed by atoms with Crippen molar-refractivity contribution in [2.75, 3.05) is 0 Å². The van der Waals surface area contributed by atoms with E-state index in [1.54, 1.807) is 5.57 Å². The molecule has 0 nitrogen and oxygen atoms in total. The number of hydrogen-bond acceptors (Lipinski definition) is 0. The minimum absolute atomic E-state index is 0.405. The summed E-state index contributed by atoms with van der Waals surface area (Å²) in [6.45, 7) is 4.88. The van der Waals surface area contributed by atoms with Crippen LogP contribution in [0.25, 0.3) is 0 Å². The van der Waals surface area contributed by atoms with Gasteiger partial charge in [-0.15, -0.1) is 0 Å². The van der Waals surface area contributed by atoms with Crippen LogP contribution in [0.5, 0.6) is 0 Å². The molecule has 0 aromatic heterocycles. The van der Waals surface area contributed by atoms with Gasteiger partial charge in [-0.05, 0) is 49.8 Å². The van der Waals surface area contributed by atoms with Gasteiger partial charge in [0.05, 0.1) is 0 Å². The summed E-state index contributed by atoms with van der Waals surface area (Å²) in [7, 11) is 0. The molecular formula is C15H17I. The van der Waals surface area contributed by atoms with Crippen molar-refractivity contribution in [2.24, 2.45) is 23.2 Å². The van der Waals surface area contributed by atoms with Crippen LogP contribution in [0.15, 0.2) is 45.6 Å². The van der Waals surface area contributed by atoms with Crippen LogP contribution in [0.2, 0.25) is 0 Å². The first kappa shape index (κ1) is 10.8. The highest BCUT2D eigenvalue weighted by molar-refractivity contribution is 14.1. The van der Waals surface area contributed by atoms with Gasteiger partial charge < -0.3 is 0 Å². The van der Waals surface area contributed by atoms with Crippen molar-refractivity contribution in [1.29, 1.82) is 0 Å². The average Bonchev–Trinajstić information content (AvgIpc) is 2.49. The fourth-order valence-electron chi connectivity index (χ4n) is 3.59. The molecule has 0 bridgehead atoms. The van der Waals surface area contributed by atoms with Crippen molar-refractivity contribution < 1.29 is 0 Å². The molecule has 3 aliphatic rings. The fourth-order valence-corrected chi connectivity index (χ4v) is 4.21. The van der Waals surface area contributed by atoms with E-state index in [9.17, 15) is 0 Å². The van der Waals surface area contributed by atoms with E-state index < -0.39 is 0 Å².